The summed E-state index contributed by atoms with van der Waals surface area (Å²) in [6.07, 6.45) is 2.33. The predicted octanol–water partition coefficient (Wildman–Crippen LogP) is 2.33. The van der Waals surface area contributed by atoms with E-state index in [0.29, 0.717) is 18.9 Å². The van der Waals surface area contributed by atoms with Crippen LogP contribution in [0.5, 0.6) is 0 Å². The molecule has 1 aromatic rings. The molecular formula is C17H26N2O2. The molecule has 3 N–H and O–H groups in total. The molecule has 4 nitrogen and oxygen atoms in total. The summed E-state index contributed by atoms with van der Waals surface area (Å²) in [6, 6.07) is 7.65. The molecule has 4 heteroatoms. The fourth-order valence-electron chi connectivity index (χ4n) is 3.00. The molecule has 2 unspecified atom stereocenters. The highest BCUT2D eigenvalue weighted by Crippen LogP contribution is 2.22. The van der Waals surface area contributed by atoms with E-state index >= 15 is 0 Å². The third kappa shape index (κ3) is 4.55. The molecule has 1 aliphatic rings. The van der Waals surface area contributed by atoms with Gasteiger partial charge in [-0.25, -0.2) is 0 Å². The van der Waals surface area contributed by atoms with Crippen LogP contribution >= 0.6 is 0 Å². The van der Waals surface area contributed by atoms with Gasteiger partial charge in [-0.05, 0) is 43.7 Å². The zero-order chi connectivity index (χ0) is 15.5. The van der Waals surface area contributed by atoms with Gasteiger partial charge in [-0.1, -0.05) is 32.0 Å². The molecule has 0 aromatic heterocycles. The zero-order valence-electron chi connectivity index (χ0n) is 13.1. The lowest BCUT2D eigenvalue weighted by Gasteiger charge is -2.28. The minimum atomic E-state index is -0.784. The fraction of sp³-hybridized carbons (Fsp3) is 0.588. The predicted molar refractivity (Wildman–Crippen MR) is 85.3 cm³/mol. The Morgan fingerprint density at radius 1 is 1.43 bits per heavy atom. The molecule has 21 heavy (non-hydrogen) atoms. The van der Waals surface area contributed by atoms with Crippen LogP contribution in [0.25, 0.3) is 0 Å². The lowest BCUT2D eigenvalue weighted by atomic mass is 9.94. The maximum absolute atomic E-state index is 12.3. The molecule has 0 fully saturated rings. The van der Waals surface area contributed by atoms with Gasteiger partial charge in [-0.2, -0.15) is 0 Å². The maximum atomic E-state index is 12.3. The summed E-state index contributed by atoms with van der Waals surface area (Å²) < 4.78 is 0. The first-order valence-electron chi connectivity index (χ1n) is 7.72. The van der Waals surface area contributed by atoms with E-state index in [1.807, 2.05) is 31.2 Å². The number of carbonyl (C=O) groups is 1. The summed E-state index contributed by atoms with van der Waals surface area (Å²) >= 11 is 0. The molecule has 0 aliphatic carbocycles. The molecule has 1 amide bonds. The number of fused-ring (bicyclic) bond motifs is 1. The zero-order valence-corrected chi connectivity index (χ0v) is 13.1. The first kappa shape index (κ1) is 16.0. The van der Waals surface area contributed by atoms with Crippen LogP contribution in [-0.2, 0) is 11.2 Å². The number of amides is 1. The Hall–Kier alpha value is -1.39. The Kier molecular flexibility index (Phi) is 5.01. The molecule has 2 atom stereocenters. The van der Waals surface area contributed by atoms with Crippen molar-refractivity contribution in [2.45, 2.75) is 51.7 Å². The quantitative estimate of drug-likeness (QED) is 0.780. The molecule has 0 spiro atoms. The Balaban J connectivity index is 1.95. The van der Waals surface area contributed by atoms with Crippen molar-refractivity contribution in [2.24, 2.45) is 5.92 Å². The average molecular weight is 290 g/mol. The lowest BCUT2D eigenvalue weighted by Crippen LogP contribution is -2.47. The minimum Gasteiger partial charge on any atom is -0.389 e. The van der Waals surface area contributed by atoms with Crippen molar-refractivity contribution < 1.29 is 9.90 Å². The number of nitrogens with one attached hydrogen (secondary N) is 2. The third-order valence-electron chi connectivity index (χ3n) is 3.87. The van der Waals surface area contributed by atoms with Crippen molar-refractivity contribution in [2.75, 3.05) is 11.9 Å². The molecule has 116 valence electrons. The van der Waals surface area contributed by atoms with Gasteiger partial charge in [0.2, 0.25) is 5.91 Å². The SMILES string of the molecule is CC(C)CC(C)(O)CNC1CCc2ccccc2NC1=O. The van der Waals surface area contributed by atoms with E-state index in [1.165, 1.54) is 5.56 Å². The monoisotopic (exact) mass is 290 g/mol. The van der Waals surface area contributed by atoms with E-state index in [-0.39, 0.29) is 11.9 Å². The number of hydrogen-bond acceptors (Lipinski definition) is 3. The van der Waals surface area contributed by atoms with Crippen LogP contribution in [0.15, 0.2) is 24.3 Å². The summed E-state index contributed by atoms with van der Waals surface area (Å²) in [5.41, 5.74) is 1.29. The van der Waals surface area contributed by atoms with Crippen molar-refractivity contribution >= 4 is 11.6 Å². The molecule has 2 rings (SSSR count). The van der Waals surface area contributed by atoms with Gasteiger partial charge in [0, 0.05) is 12.2 Å². The molecule has 0 saturated heterocycles. The van der Waals surface area contributed by atoms with Gasteiger partial charge >= 0.3 is 0 Å². The molecule has 0 bridgehead atoms. The van der Waals surface area contributed by atoms with Gasteiger partial charge in [0.1, 0.15) is 0 Å². The van der Waals surface area contributed by atoms with Gasteiger partial charge in [-0.15, -0.1) is 0 Å². The van der Waals surface area contributed by atoms with Gasteiger partial charge in [0.15, 0.2) is 0 Å². The van der Waals surface area contributed by atoms with Crippen molar-refractivity contribution in [3.63, 3.8) is 0 Å². The summed E-state index contributed by atoms with van der Waals surface area (Å²) in [4.78, 5) is 12.3. The number of rotatable bonds is 5. The van der Waals surface area contributed by atoms with Crippen LogP contribution < -0.4 is 10.6 Å². The van der Waals surface area contributed by atoms with E-state index in [0.717, 1.165) is 18.5 Å². The third-order valence-corrected chi connectivity index (χ3v) is 3.87. The highest BCUT2D eigenvalue weighted by molar-refractivity contribution is 5.96. The van der Waals surface area contributed by atoms with Crippen molar-refractivity contribution in [3.05, 3.63) is 29.8 Å². The summed E-state index contributed by atoms with van der Waals surface area (Å²) in [5, 5.41) is 16.5. The number of aryl methyl sites for hydroxylation is 1. The van der Waals surface area contributed by atoms with E-state index in [1.54, 1.807) is 0 Å². The molecule has 1 aliphatic heterocycles. The van der Waals surface area contributed by atoms with Crippen LogP contribution in [0, 0.1) is 5.92 Å². The van der Waals surface area contributed by atoms with Crippen LogP contribution in [0.2, 0.25) is 0 Å². The van der Waals surface area contributed by atoms with Gasteiger partial charge in [0.05, 0.1) is 11.6 Å². The first-order valence-corrected chi connectivity index (χ1v) is 7.72. The first-order chi connectivity index (χ1) is 9.87. The van der Waals surface area contributed by atoms with Crippen molar-refractivity contribution in [1.82, 2.24) is 5.32 Å². The van der Waals surface area contributed by atoms with Crippen LogP contribution in [0.3, 0.4) is 0 Å². The highest BCUT2D eigenvalue weighted by atomic mass is 16.3. The highest BCUT2D eigenvalue weighted by Gasteiger charge is 2.27. The van der Waals surface area contributed by atoms with Crippen LogP contribution in [-0.4, -0.2) is 29.2 Å². The van der Waals surface area contributed by atoms with E-state index in [4.69, 9.17) is 0 Å². The number of para-hydroxylation sites is 1. The summed E-state index contributed by atoms with van der Waals surface area (Å²) in [7, 11) is 0. The normalized spacial score (nSPS) is 21.4. The topological polar surface area (TPSA) is 61.4 Å². The molecule has 1 heterocycles. The lowest BCUT2D eigenvalue weighted by molar-refractivity contribution is -0.118. The van der Waals surface area contributed by atoms with Crippen molar-refractivity contribution in [3.8, 4) is 0 Å². The molecule has 1 aromatic carbocycles. The summed E-state index contributed by atoms with van der Waals surface area (Å²) in [5.74, 6) is 0.411. The minimum absolute atomic E-state index is 0.0136. The molecular weight excluding hydrogens is 264 g/mol. The smallest absolute Gasteiger partial charge is 0.241 e. The summed E-state index contributed by atoms with van der Waals surface area (Å²) in [6.45, 7) is 6.43. The standard InChI is InChI=1S/C17H26N2O2/c1-12(2)10-17(3,21)11-18-15-9-8-13-6-4-5-7-14(13)19-16(15)20/h4-7,12,15,18,21H,8-11H2,1-3H3,(H,19,20). The Morgan fingerprint density at radius 3 is 2.86 bits per heavy atom. The molecule has 0 radical (unpaired) electrons. The fourth-order valence-corrected chi connectivity index (χ4v) is 3.00. The van der Waals surface area contributed by atoms with Crippen molar-refractivity contribution in [1.29, 1.82) is 0 Å². The number of anilines is 1. The van der Waals surface area contributed by atoms with Gasteiger partial charge < -0.3 is 15.7 Å². The second-order valence-corrected chi connectivity index (χ2v) is 6.71. The average Bonchev–Trinajstić information content (AvgIpc) is 2.53. The Labute approximate surface area is 126 Å². The van der Waals surface area contributed by atoms with E-state index in [9.17, 15) is 9.90 Å². The van der Waals surface area contributed by atoms with Crippen LogP contribution in [0.1, 0.15) is 39.2 Å². The molecule has 0 saturated carbocycles. The van der Waals surface area contributed by atoms with E-state index < -0.39 is 5.60 Å². The number of benzene rings is 1. The van der Waals surface area contributed by atoms with Crippen LogP contribution in [0.4, 0.5) is 5.69 Å². The van der Waals surface area contributed by atoms with Gasteiger partial charge in [0.25, 0.3) is 0 Å². The Morgan fingerprint density at radius 2 is 2.14 bits per heavy atom. The van der Waals surface area contributed by atoms with Gasteiger partial charge in [-0.3, -0.25) is 4.79 Å². The second-order valence-electron chi connectivity index (χ2n) is 6.71. The number of aliphatic hydroxyl groups is 1. The second kappa shape index (κ2) is 6.58. The number of hydrogen-bond donors (Lipinski definition) is 3. The number of carbonyl (C=O) groups excluding carboxylic acids is 1. The maximum Gasteiger partial charge on any atom is 0.241 e. The van der Waals surface area contributed by atoms with E-state index in [2.05, 4.69) is 24.5 Å². The Bertz CT molecular complexity index is 497. The largest absolute Gasteiger partial charge is 0.389 e.